The summed E-state index contributed by atoms with van der Waals surface area (Å²) < 4.78 is 70.1. The molecule has 0 aliphatic carbocycles. The first-order valence-electron chi connectivity index (χ1n) is 18.9. The molecule has 0 unspecified atom stereocenters. The smallest absolute Gasteiger partial charge is 0.250 e. The number of H-pyrrole nitrogens is 1. The number of rotatable bonds is 10. The zero-order chi connectivity index (χ0) is 43.2. The Morgan fingerprint density at radius 3 is 1.69 bits per heavy atom. The monoisotopic (exact) mass is 803 g/mol. The van der Waals surface area contributed by atoms with Crippen LogP contribution < -0.4 is 25.3 Å². The summed E-state index contributed by atoms with van der Waals surface area (Å²) in [6.45, 7) is 16.3. The summed E-state index contributed by atoms with van der Waals surface area (Å²) in [7, 11) is 1.68. The Hall–Kier alpha value is -6.17. The van der Waals surface area contributed by atoms with Gasteiger partial charge in [0, 0.05) is 37.4 Å². The Kier molecular flexibility index (Phi) is 20.8. The van der Waals surface area contributed by atoms with Crippen molar-refractivity contribution >= 4 is 0 Å². The molecule has 0 radical (unpaired) electrons. The number of hydrogen-bond donors (Lipinski definition) is 1. The summed E-state index contributed by atoms with van der Waals surface area (Å²) in [4.78, 5) is 29.0. The minimum atomic E-state index is -0.391. The Bertz CT molecular complexity index is 2260. The minimum Gasteiger partial charge on any atom is -0.487 e. The van der Waals surface area contributed by atoms with Gasteiger partial charge in [-0.15, -0.1) is 0 Å². The molecule has 3 heterocycles. The van der Waals surface area contributed by atoms with Gasteiger partial charge in [0.25, 0.3) is 5.56 Å². The summed E-state index contributed by atoms with van der Waals surface area (Å²) in [6, 6.07) is 25.9. The Morgan fingerprint density at radius 2 is 1.14 bits per heavy atom. The minimum absolute atomic E-state index is 0.0907. The van der Waals surface area contributed by atoms with Crippen molar-refractivity contribution in [3.8, 4) is 17.2 Å². The van der Waals surface area contributed by atoms with Crippen LogP contribution in [0.2, 0.25) is 0 Å². The SMILES string of the molecule is CC.CC.CC(C)c1ccc(F)cc1OCc1ccc(F)cn1.Cc1ccc(F)cc1OCc1cccc(=O)[nH]1.Cc1ccc(F)cc1OCc1cccc(=O)n1C. The van der Waals surface area contributed by atoms with Gasteiger partial charge in [0.1, 0.15) is 60.3 Å². The zero-order valence-electron chi connectivity index (χ0n) is 34.5. The normalized spacial score (nSPS) is 9.97. The van der Waals surface area contributed by atoms with Crippen molar-refractivity contribution in [3.63, 3.8) is 0 Å². The van der Waals surface area contributed by atoms with E-state index in [0.29, 0.717) is 28.6 Å². The van der Waals surface area contributed by atoms with E-state index < -0.39 is 5.82 Å². The number of nitrogens with zero attached hydrogens (tertiary/aromatic N) is 2. The topological polar surface area (TPSA) is 95.4 Å². The largest absolute Gasteiger partial charge is 0.487 e. The third-order valence-corrected chi connectivity index (χ3v) is 7.94. The third kappa shape index (κ3) is 16.1. The van der Waals surface area contributed by atoms with Crippen LogP contribution in [0.25, 0.3) is 0 Å². The second-order valence-corrected chi connectivity index (χ2v) is 12.4. The van der Waals surface area contributed by atoms with Gasteiger partial charge in [-0.3, -0.25) is 14.6 Å². The van der Waals surface area contributed by atoms with Gasteiger partial charge in [-0.1, -0.05) is 71.9 Å². The first-order valence-corrected chi connectivity index (χ1v) is 18.9. The second kappa shape index (κ2) is 25.2. The summed E-state index contributed by atoms with van der Waals surface area (Å²) in [6.07, 6.45) is 1.13. The van der Waals surface area contributed by atoms with Gasteiger partial charge in [-0.05, 0) is 78.9 Å². The number of benzene rings is 3. The molecule has 0 atom stereocenters. The predicted molar refractivity (Wildman–Crippen MR) is 221 cm³/mol. The van der Waals surface area contributed by atoms with Crippen molar-refractivity contribution in [1.82, 2.24) is 14.5 Å². The standard InChI is InChI=1S/C15H15F2NO.C14H14FNO2.C13H12FNO2.2C2H6/c1-10(2)14-6-4-11(16)7-15(14)19-9-13-5-3-12(17)8-18-13;1-10-6-7-11(15)8-13(10)18-9-12-4-3-5-14(17)16(12)2;1-9-5-6-10(14)7-12(9)17-8-11-3-2-4-13(16)15-11;2*1-2/h3-8,10H,9H2,1-2H3;3-8H,9H2,1-2H3;2-7H,8H2,1H3,(H,15,16);2*1-2H3. The third-order valence-electron chi connectivity index (χ3n) is 7.94. The summed E-state index contributed by atoms with van der Waals surface area (Å²) in [5.74, 6) is 0.299. The van der Waals surface area contributed by atoms with E-state index in [1.165, 1.54) is 59.2 Å². The molecule has 0 aliphatic rings. The van der Waals surface area contributed by atoms with Gasteiger partial charge in [0.05, 0.1) is 23.3 Å². The Balaban J connectivity index is 0.000000288. The summed E-state index contributed by atoms with van der Waals surface area (Å²) in [5, 5.41) is 0. The molecule has 0 amide bonds. The molecule has 0 fully saturated rings. The lowest BCUT2D eigenvalue weighted by Gasteiger charge is -2.13. The molecule has 8 nitrogen and oxygen atoms in total. The molecule has 12 heteroatoms. The molecule has 0 saturated heterocycles. The van der Waals surface area contributed by atoms with Crippen molar-refractivity contribution in [2.45, 2.75) is 81.1 Å². The molecule has 58 heavy (non-hydrogen) atoms. The summed E-state index contributed by atoms with van der Waals surface area (Å²) in [5.41, 5.74) is 4.37. The molecule has 1 N–H and O–H groups in total. The lowest BCUT2D eigenvalue weighted by atomic mass is 10.0. The van der Waals surface area contributed by atoms with Gasteiger partial charge in [-0.2, -0.15) is 0 Å². The number of ether oxygens (including phenoxy) is 3. The lowest BCUT2D eigenvalue weighted by molar-refractivity contribution is 0.292. The fourth-order valence-corrected chi connectivity index (χ4v) is 4.85. The highest BCUT2D eigenvalue weighted by Crippen LogP contribution is 2.28. The molecule has 6 rings (SSSR count). The van der Waals surface area contributed by atoms with Crippen LogP contribution in [0.3, 0.4) is 0 Å². The maximum absolute atomic E-state index is 13.2. The maximum Gasteiger partial charge on any atom is 0.250 e. The fraction of sp³-hybridized carbons (Fsp3) is 0.283. The molecular formula is C46H53F4N3O5. The molecular weight excluding hydrogens is 751 g/mol. The first kappa shape index (κ1) is 48.0. The van der Waals surface area contributed by atoms with Gasteiger partial charge >= 0.3 is 0 Å². The maximum atomic E-state index is 13.2. The average molecular weight is 804 g/mol. The quantitative estimate of drug-likeness (QED) is 0.139. The number of aromatic nitrogens is 3. The number of pyridine rings is 3. The van der Waals surface area contributed by atoms with Gasteiger partial charge in [0.15, 0.2) is 0 Å². The predicted octanol–water partition coefficient (Wildman–Crippen LogP) is 10.9. The van der Waals surface area contributed by atoms with Crippen LogP contribution in [0.15, 0.2) is 119 Å². The molecule has 3 aromatic carbocycles. The van der Waals surface area contributed by atoms with E-state index >= 15 is 0 Å². The van der Waals surface area contributed by atoms with E-state index in [-0.39, 0.29) is 54.3 Å². The highest BCUT2D eigenvalue weighted by Gasteiger charge is 2.10. The molecule has 0 spiro atoms. The molecule has 0 bridgehead atoms. The van der Waals surface area contributed by atoms with Crippen molar-refractivity contribution < 1.29 is 31.8 Å². The highest BCUT2D eigenvalue weighted by molar-refractivity contribution is 5.37. The van der Waals surface area contributed by atoms with Crippen LogP contribution in [0, 0.1) is 37.1 Å². The van der Waals surface area contributed by atoms with Gasteiger partial charge in [0.2, 0.25) is 5.56 Å². The zero-order valence-corrected chi connectivity index (χ0v) is 34.5. The molecule has 3 aromatic heterocycles. The van der Waals surface area contributed by atoms with Crippen LogP contribution >= 0.6 is 0 Å². The van der Waals surface area contributed by atoms with Crippen molar-refractivity contribution in [3.05, 3.63) is 187 Å². The number of aromatic amines is 1. The number of aryl methyl sites for hydroxylation is 2. The lowest BCUT2D eigenvalue weighted by Crippen LogP contribution is -2.19. The molecule has 0 aliphatic heterocycles. The average Bonchev–Trinajstić information content (AvgIpc) is 3.21. The Morgan fingerprint density at radius 1 is 0.621 bits per heavy atom. The van der Waals surface area contributed by atoms with Gasteiger partial charge in [-0.25, -0.2) is 17.6 Å². The number of hydrogen-bond acceptors (Lipinski definition) is 6. The van der Waals surface area contributed by atoms with E-state index in [1.54, 1.807) is 55.6 Å². The second-order valence-electron chi connectivity index (χ2n) is 12.4. The number of halogens is 4. The molecule has 0 saturated carbocycles. The highest BCUT2D eigenvalue weighted by atomic mass is 19.1. The van der Waals surface area contributed by atoms with Crippen molar-refractivity contribution in [1.29, 1.82) is 0 Å². The van der Waals surface area contributed by atoms with E-state index in [2.05, 4.69) is 9.97 Å². The van der Waals surface area contributed by atoms with Crippen LogP contribution in [-0.2, 0) is 26.9 Å². The fourth-order valence-electron chi connectivity index (χ4n) is 4.85. The Labute approximate surface area is 338 Å². The van der Waals surface area contributed by atoms with E-state index in [1.807, 2.05) is 55.4 Å². The molecule has 310 valence electrons. The van der Waals surface area contributed by atoms with Crippen LogP contribution in [-0.4, -0.2) is 14.5 Å². The summed E-state index contributed by atoms with van der Waals surface area (Å²) >= 11 is 0. The number of nitrogens with one attached hydrogen (secondary N) is 1. The first-order chi connectivity index (χ1) is 27.8. The van der Waals surface area contributed by atoms with E-state index in [0.717, 1.165) is 28.6 Å². The van der Waals surface area contributed by atoms with E-state index in [4.69, 9.17) is 14.2 Å². The molecule has 6 aromatic rings. The van der Waals surface area contributed by atoms with Crippen LogP contribution in [0.5, 0.6) is 17.2 Å². The van der Waals surface area contributed by atoms with Crippen LogP contribution in [0.4, 0.5) is 17.6 Å². The van der Waals surface area contributed by atoms with E-state index in [9.17, 15) is 27.2 Å². The van der Waals surface area contributed by atoms with Crippen molar-refractivity contribution in [2.75, 3.05) is 0 Å². The van der Waals surface area contributed by atoms with Gasteiger partial charge < -0.3 is 23.8 Å². The van der Waals surface area contributed by atoms with Crippen LogP contribution in [0.1, 0.15) is 81.2 Å². The van der Waals surface area contributed by atoms with Crippen molar-refractivity contribution in [2.24, 2.45) is 7.05 Å².